The molecule has 0 aromatic carbocycles. The highest BCUT2D eigenvalue weighted by Crippen LogP contribution is 1.83. The Bertz CT molecular complexity index is 101. The quantitative estimate of drug-likeness (QED) is 0.416. The van der Waals surface area contributed by atoms with E-state index < -0.39 is 11.9 Å². The van der Waals surface area contributed by atoms with Crippen molar-refractivity contribution in [3.05, 3.63) is 0 Å². The highest BCUT2D eigenvalue weighted by atomic mass is 35.5. The monoisotopic (exact) mass is 147 g/mol. The number of rotatable bonds is 3. The maximum atomic E-state index is 9.98. The lowest BCUT2D eigenvalue weighted by atomic mass is 10.1. The van der Waals surface area contributed by atoms with E-state index in [4.69, 9.17) is 24.6 Å². The third-order valence-corrected chi connectivity index (χ3v) is 1.05. The molecule has 0 bridgehead atoms. The normalized spacial score (nSPS) is 12.7. The summed E-state index contributed by atoms with van der Waals surface area (Å²) in [7, 11) is 4.69. The van der Waals surface area contributed by atoms with Crippen molar-refractivity contribution in [3.8, 4) is 0 Å². The van der Waals surface area contributed by atoms with E-state index in [0.717, 1.165) is 0 Å². The summed E-state index contributed by atoms with van der Waals surface area (Å²) < 4.78 is 0. The third-order valence-electron chi connectivity index (χ3n) is 0.690. The van der Waals surface area contributed by atoms with Gasteiger partial charge in [-0.05, 0) is 0 Å². The lowest BCUT2D eigenvalue weighted by molar-refractivity contribution is 0.194. The first kappa shape index (κ1) is 8.78. The second kappa shape index (κ2) is 4.64. The minimum atomic E-state index is -0.709. The smallest absolute Gasteiger partial charge is 0.200 e. The summed E-state index contributed by atoms with van der Waals surface area (Å²) in [5.74, 6) is -0.556. The summed E-state index contributed by atoms with van der Waals surface area (Å²) in [6, 6.07) is 0. The molecule has 0 spiro atoms. The van der Waals surface area contributed by atoms with Crippen molar-refractivity contribution in [2.45, 2.75) is 6.10 Å². The maximum Gasteiger partial charge on any atom is 0.200 e. The lowest BCUT2D eigenvalue weighted by Gasteiger charge is -2.05. The number of hydrogen-bond donors (Lipinski definition) is 2. The molecule has 0 saturated carbocycles. The molecule has 3 nitrogen and oxygen atoms in total. The molecule has 0 aromatic heterocycles. The zero-order valence-electron chi connectivity index (χ0n) is 4.80. The van der Waals surface area contributed by atoms with Gasteiger partial charge in [-0.2, -0.15) is 0 Å². The van der Waals surface area contributed by atoms with Crippen LogP contribution in [-0.4, -0.2) is 37.3 Å². The van der Waals surface area contributed by atoms with Gasteiger partial charge < -0.3 is 10.4 Å². The number of carbonyl (C=O) groups is 1. The Morgan fingerprint density at radius 3 is 2.78 bits per heavy atom. The summed E-state index contributed by atoms with van der Waals surface area (Å²) in [4.78, 5) is 9.98. The van der Waals surface area contributed by atoms with Gasteiger partial charge in [0.05, 0.1) is 12.0 Å². The minimum absolute atomic E-state index is 0.0975. The zero-order chi connectivity index (χ0) is 7.28. The van der Waals surface area contributed by atoms with E-state index in [-0.39, 0.29) is 12.4 Å². The Kier molecular flexibility index (Phi) is 4.53. The summed E-state index contributed by atoms with van der Waals surface area (Å²) in [6.45, 7) is 0.110. The van der Waals surface area contributed by atoms with Gasteiger partial charge >= 0.3 is 0 Å². The number of amides is 1. The molecule has 1 amide bonds. The van der Waals surface area contributed by atoms with Crippen molar-refractivity contribution in [1.82, 2.24) is 5.32 Å². The van der Waals surface area contributed by atoms with Crippen molar-refractivity contribution in [2.24, 2.45) is 0 Å². The Balaban J connectivity index is 3.16. The molecule has 0 aromatic rings. The van der Waals surface area contributed by atoms with E-state index in [2.05, 4.69) is 5.32 Å². The Hall–Kier alpha value is -0.215. The molecule has 1 atom stereocenters. The molecule has 0 fully saturated rings. The fourth-order valence-electron chi connectivity index (χ4n) is 0.273. The number of halogens is 1. The van der Waals surface area contributed by atoms with Crippen molar-refractivity contribution < 1.29 is 9.90 Å². The number of carbonyl (C=O) groups excluding carboxylic acids is 1. The fourth-order valence-corrected chi connectivity index (χ4v) is 0.382. The second-order valence-electron chi connectivity index (χ2n) is 1.55. The highest BCUT2D eigenvalue weighted by Gasteiger charge is 2.00. The number of alkyl halides is 1. The van der Waals surface area contributed by atoms with Gasteiger partial charge in [0.2, 0.25) is 0 Å². The Morgan fingerprint density at radius 2 is 2.44 bits per heavy atom. The van der Waals surface area contributed by atoms with Crippen molar-refractivity contribution in [3.63, 3.8) is 0 Å². The standard InChI is InChI=1S/C4H7BClNO2/c5-4(9)7-2-3(8)1-6/h3,8H,1-2H2,(H,7,9)/t3-/m1/s1. The SMILES string of the molecule is [B]C(=O)NC[C@H](O)CCl. The van der Waals surface area contributed by atoms with Crippen LogP contribution in [-0.2, 0) is 0 Å². The van der Waals surface area contributed by atoms with Crippen molar-refractivity contribution in [2.75, 3.05) is 12.4 Å². The molecular formula is C4H7BClNO2. The van der Waals surface area contributed by atoms with Crippen molar-refractivity contribution >= 4 is 25.3 Å². The molecule has 5 heteroatoms. The molecule has 9 heavy (non-hydrogen) atoms. The van der Waals surface area contributed by atoms with E-state index >= 15 is 0 Å². The second-order valence-corrected chi connectivity index (χ2v) is 1.86. The molecule has 0 aliphatic carbocycles. The molecular weight excluding hydrogens is 140 g/mol. The van der Waals surface area contributed by atoms with Crippen LogP contribution in [0.4, 0.5) is 4.79 Å². The van der Waals surface area contributed by atoms with Gasteiger partial charge in [-0.15, -0.1) is 11.6 Å². The van der Waals surface area contributed by atoms with Gasteiger partial charge in [-0.3, -0.25) is 4.79 Å². The summed E-state index contributed by atoms with van der Waals surface area (Å²) in [5.41, 5.74) is 0. The average Bonchev–Trinajstić information content (AvgIpc) is 1.83. The van der Waals surface area contributed by atoms with Gasteiger partial charge in [0, 0.05) is 6.54 Å². The third kappa shape index (κ3) is 5.66. The van der Waals surface area contributed by atoms with E-state index in [0.29, 0.717) is 0 Å². The van der Waals surface area contributed by atoms with E-state index in [9.17, 15) is 4.79 Å². The van der Waals surface area contributed by atoms with Crippen LogP contribution in [0.5, 0.6) is 0 Å². The van der Waals surface area contributed by atoms with Gasteiger partial charge in [0.25, 0.3) is 0 Å². The van der Waals surface area contributed by atoms with Crippen LogP contribution in [0.25, 0.3) is 0 Å². The molecule has 50 valence electrons. The van der Waals surface area contributed by atoms with Crippen LogP contribution in [0.15, 0.2) is 0 Å². The first-order valence-electron chi connectivity index (χ1n) is 2.44. The fraction of sp³-hybridized carbons (Fsp3) is 0.750. The van der Waals surface area contributed by atoms with Crippen LogP contribution in [0.2, 0.25) is 0 Å². The van der Waals surface area contributed by atoms with Crippen molar-refractivity contribution in [1.29, 1.82) is 0 Å². The largest absolute Gasteiger partial charge is 0.390 e. The maximum absolute atomic E-state index is 9.98. The lowest BCUT2D eigenvalue weighted by Crippen LogP contribution is -2.31. The first-order valence-corrected chi connectivity index (χ1v) is 2.97. The van der Waals surface area contributed by atoms with E-state index in [1.807, 2.05) is 0 Å². The van der Waals surface area contributed by atoms with Gasteiger partial charge in [0.1, 0.15) is 0 Å². The van der Waals surface area contributed by atoms with E-state index in [1.54, 1.807) is 0 Å². The number of aliphatic hydroxyl groups is 1. The highest BCUT2D eigenvalue weighted by molar-refractivity contribution is 6.57. The molecule has 2 radical (unpaired) electrons. The van der Waals surface area contributed by atoms with Gasteiger partial charge in [-0.1, -0.05) is 0 Å². The molecule has 0 rings (SSSR count). The van der Waals surface area contributed by atoms with Gasteiger partial charge in [-0.25, -0.2) is 0 Å². The predicted octanol–water partition coefficient (Wildman–Crippen LogP) is -0.536. The minimum Gasteiger partial charge on any atom is -0.390 e. The number of nitrogens with one attached hydrogen (secondary N) is 1. The molecule has 0 aliphatic heterocycles. The Morgan fingerprint density at radius 1 is 1.89 bits per heavy atom. The average molecular weight is 147 g/mol. The summed E-state index contributed by atoms with van der Waals surface area (Å²) in [6.07, 6.45) is -0.709. The van der Waals surface area contributed by atoms with Crippen LogP contribution in [0.1, 0.15) is 0 Å². The molecule has 0 unspecified atom stereocenters. The van der Waals surface area contributed by atoms with Crippen LogP contribution in [0, 0.1) is 0 Å². The van der Waals surface area contributed by atoms with Gasteiger partial charge in [0.15, 0.2) is 13.7 Å². The molecule has 0 saturated heterocycles. The predicted molar refractivity (Wildman–Crippen MR) is 35.9 cm³/mol. The molecule has 0 heterocycles. The Labute approximate surface area is 59.8 Å². The number of aliphatic hydroxyl groups excluding tert-OH is 1. The van der Waals surface area contributed by atoms with E-state index in [1.165, 1.54) is 0 Å². The first-order chi connectivity index (χ1) is 4.16. The van der Waals surface area contributed by atoms with Crippen LogP contribution in [0.3, 0.4) is 0 Å². The summed E-state index contributed by atoms with van der Waals surface area (Å²) in [5, 5.41) is 10.9. The topological polar surface area (TPSA) is 49.3 Å². The van der Waals surface area contributed by atoms with Crippen LogP contribution >= 0.6 is 11.6 Å². The number of hydrogen-bond acceptors (Lipinski definition) is 2. The summed E-state index contributed by atoms with van der Waals surface area (Å²) >= 11 is 5.19. The molecule has 0 aliphatic rings. The van der Waals surface area contributed by atoms with Crippen LogP contribution < -0.4 is 5.32 Å². The zero-order valence-corrected chi connectivity index (χ0v) is 5.56. The molecule has 2 N–H and O–H groups in total.